The predicted molar refractivity (Wildman–Crippen MR) is 106 cm³/mol. The minimum absolute atomic E-state index is 0.728. The van der Waals surface area contributed by atoms with Crippen LogP contribution in [0.25, 0.3) is 21.8 Å². The normalized spacial score (nSPS) is 16.7. The standard InChI is InChI=1S/C19H19N5OS2/c1-3-24-16(13-5-4-8-25-13)22-23-19(24)27-18-15-12-7-6-11(2)9-14(12)26-17(15)20-10-21-18/h4-5,8,10-11H,3,6-7,9H2,1-2H3. The van der Waals surface area contributed by atoms with E-state index in [1.54, 1.807) is 24.4 Å². The number of nitrogens with zero attached hydrogens (tertiary/aromatic N) is 5. The number of aromatic nitrogens is 5. The highest BCUT2D eigenvalue weighted by atomic mass is 32.2. The van der Waals surface area contributed by atoms with E-state index in [9.17, 15) is 0 Å². The van der Waals surface area contributed by atoms with Gasteiger partial charge in [-0.05, 0) is 61.6 Å². The SMILES string of the molecule is CCn1c(Sc2ncnc3sc4c(c23)CCC(C)C4)nnc1-c1ccco1. The number of fused-ring (bicyclic) bond motifs is 3. The van der Waals surface area contributed by atoms with Crippen molar-refractivity contribution >= 4 is 33.3 Å². The van der Waals surface area contributed by atoms with Gasteiger partial charge in [0.2, 0.25) is 0 Å². The van der Waals surface area contributed by atoms with Gasteiger partial charge in [-0.3, -0.25) is 4.57 Å². The molecule has 8 heteroatoms. The van der Waals surface area contributed by atoms with E-state index in [-0.39, 0.29) is 0 Å². The van der Waals surface area contributed by atoms with Crippen LogP contribution in [0.1, 0.15) is 30.7 Å². The van der Waals surface area contributed by atoms with E-state index in [0.29, 0.717) is 0 Å². The molecule has 0 aromatic carbocycles. The maximum absolute atomic E-state index is 5.51. The molecule has 0 saturated heterocycles. The van der Waals surface area contributed by atoms with Crippen LogP contribution in [0, 0.1) is 5.92 Å². The molecule has 1 aliphatic carbocycles. The summed E-state index contributed by atoms with van der Waals surface area (Å²) in [5.41, 5.74) is 1.44. The molecule has 0 aliphatic heterocycles. The lowest BCUT2D eigenvalue weighted by atomic mass is 9.89. The van der Waals surface area contributed by atoms with Crippen LogP contribution in [0.2, 0.25) is 0 Å². The first-order chi connectivity index (χ1) is 13.2. The fourth-order valence-electron chi connectivity index (χ4n) is 3.65. The van der Waals surface area contributed by atoms with E-state index in [2.05, 4.69) is 38.6 Å². The summed E-state index contributed by atoms with van der Waals surface area (Å²) in [6.07, 6.45) is 6.80. The first kappa shape index (κ1) is 16.9. The second kappa shape index (κ2) is 6.76. The summed E-state index contributed by atoms with van der Waals surface area (Å²) in [4.78, 5) is 11.7. The fourth-order valence-corrected chi connectivity index (χ4v) is 6.06. The average Bonchev–Trinajstić information content (AvgIpc) is 3.39. The van der Waals surface area contributed by atoms with Crippen LogP contribution in [0.3, 0.4) is 0 Å². The molecule has 0 fully saturated rings. The molecule has 0 bridgehead atoms. The summed E-state index contributed by atoms with van der Waals surface area (Å²) in [6, 6.07) is 3.77. The van der Waals surface area contributed by atoms with Crippen LogP contribution in [0.4, 0.5) is 0 Å². The summed E-state index contributed by atoms with van der Waals surface area (Å²) in [7, 11) is 0. The van der Waals surface area contributed by atoms with Crippen LogP contribution in [-0.2, 0) is 19.4 Å². The van der Waals surface area contributed by atoms with Gasteiger partial charge in [0, 0.05) is 16.8 Å². The maximum Gasteiger partial charge on any atom is 0.200 e. The van der Waals surface area contributed by atoms with Gasteiger partial charge in [0.1, 0.15) is 16.2 Å². The summed E-state index contributed by atoms with van der Waals surface area (Å²) in [5.74, 6) is 2.22. The largest absolute Gasteiger partial charge is 0.461 e. The Bertz CT molecular complexity index is 1100. The molecule has 4 aromatic heterocycles. The number of hydrogen-bond donors (Lipinski definition) is 0. The lowest BCUT2D eigenvalue weighted by Gasteiger charge is -2.18. The Kier molecular flexibility index (Phi) is 4.24. The van der Waals surface area contributed by atoms with Crippen LogP contribution in [0.5, 0.6) is 0 Å². The van der Waals surface area contributed by atoms with Crippen molar-refractivity contribution in [2.75, 3.05) is 0 Å². The Morgan fingerprint density at radius 2 is 2.26 bits per heavy atom. The van der Waals surface area contributed by atoms with Crippen molar-refractivity contribution in [3.63, 3.8) is 0 Å². The predicted octanol–water partition coefficient (Wildman–Crippen LogP) is 4.84. The molecule has 4 aromatic rings. The summed E-state index contributed by atoms with van der Waals surface area (Å²) in [6.45, 7) is 5.18. The third-order valence-electron chi connectivity index (χ3n) is 5.02. The van der Waals surface area contributed by atoms with Gasteiger partial charge in [-0.25, -0.2) is 9.97 Å². The molecular formula is C19H19N5OS2. The van der Waals surface area contributed by atoms with E-state index in [1.165, 1.54) is 22.2 Å². The Hall–Kier alpha value is -2.19. The fraction of sp³-hybridized carbons (Fsp3) is 0.368. The molecule has 0 radical (unpaired) electrons. The zero-order valence-corrected chi connectivity index (χ0v) is 16.8. The van der Waals surface area contributed by atoms with E-state index in [4.69, 9.17) is 4.42 Å². The van der Waals surface area contributed by atoms with Crippen molar-refractivity contribution in [2.24, 2.45) is 5.92 Å². The van der Waals surface area contributed by atoms with Crippen LogP contribution in [-0.4, -0.2) is 24.7 Å². The van der Waals surface area contributed by atoms with Crippen LogP contribution in [0.15, 0.2) is 39.3 Å². The molecule has 1 aliphatic rings. The van der Waals surface area contributed by atoms with Gasteiger partial charge < -0.3 is 4.42 Å². The van der Waals surface area contributed by atoms with E-state index in [0.717, 1.165) is 51.9 Å². The lowest BCUT2D eigenvalue weighted by Crippen LogP contribution is -2.08. The summed E-state index contributed by atoms with van der Waals surface area (Å²) < 4.78 is 7.58. The minimum atomic E-state index is 0.728. The molecule has 0 spiro atoms. The molecule has 27 heavy (non-hydrogen) atoms. The van der Waals surface area contributed by atoms with Crippen molar-refractivity contribution in [3.8, 4) is 11.6 Å². The topological polar surface area (TPSA) is 69.6 Å². The number of aryl methyl sites for hydroxylation is 1. The van der Waals surface area contributed by atoms with Gasteiger partial charge in [-0.1, -0.05) is 6.92 Å². The highest BCUT2D eigenvalue weighted by Gasteiger charge is 2.24. The average molecular weight is 398 g/mol. The summed E-state index contributed by atoms with van der Waals surface area (Å²) in [5, 5.41) is 11.8. The molecule has 6 nitrogen and oxygen atoms in total. The van der Waals surface area contributed by atoms with Gasteiger partial charge in [0.05, 0.1) is 6.26 Å². The van der Waals surface area contributed by atoms with Crippen molar-refractivity contribution in [1.82, 2.24) is 24.7 Å². The molecule has 0 N–H and O–H groups in total. The zero-order valence-electron chi connectivity index (χ0n) is 15.2. The molecule has 1 unspecified atom stereocenters. The number of thiophene rings is 1. The third-order valence-corrected chi connectivity index (χ3v) is 7.17. The van der Waals surface area contributed by atoms with Crippen LogP contribution >= 0.6 is 23.1 Å². The quantitative estimate of drug-likeness (QED) is 0.459. The molecule has 1 atom stereocenters. The van der Waals surface area contributed by atoms with E-state index >= 15 is 0 Å². The highest BCUT2D eigenvalue weighted by molar-refractivity contribution is 7.99. The monoisotopic (exact) mass is 397 g/mol. The molecule has 138 valence electrons. The maximum atomic E-state index is 5.51. The van der Waals surface area contributed by atoms with Gasteiger partial charge >= 0.3 is 0 Å². The van der Waals surface area contributed by atoms with Gasteiger partial charge in [0.15, 0.2) is 16.7 Å². The molecule has 0 amide bonds. The Balaban J connectivity index is 1.58. The van der Waals surface area contributed by atoms with Gasteiger partial charge in [0.25, 0.3) is 0 Å². The third kappa shape index (κ3) is 2.87. The van der Waals surface area contributed by atoms with Crippen LogP contribution < -0.4 is 0 Å². The molecular weight excluding hydrogens is 378 g/mol. The molecule has 5 rings (SSSR count). The van der Waals surface area contributed by atoms with Crippen molar-refractivity contribution in [1.29, 1.82) is 0 Å². The zero-order chi connectivity index (χ0) is 18.4. The summed E-state index contributed by atoms with van der Waals surface area (Å²) >= 11 is 3.39. The van der Waals surface area contributed by atoms with Crippen molar-refractivity contribution in [2.45, 2.75) is 49.8 Å². The first-order valence-electron chi connectivity index (χ1n) is 9.14. The number of hydrogen-bond acceptors (Lipinski definition) is 7. The Labute approximate surface area is 165 Å². The lowest BCUT2D eigenvalue weighted by molar-refractivity contribution is 0.509. The number of furan rings is 1. The second-order valence-electron chi connectivity index (χ2n) is 6.84. The van der Waals surface area contributed by atoms with Crippen molar-refractivity contribution in [3.05, 3.63) is 35.2 Å². The Morgan fingerprint density at radius 1 is 1.33 bits per heavy atom. The molecule has 4 heterocycles. The van der Waals surface area contributed by atoms with Crippen molar-refractivity contribution < 1.29 is 4.42 Å². The second-order valence-corrected chi connectivity index (χ2v) is 8.88. The van der Waals surface area contributed by atoms with Gasteiger partial charge in [-0.15, -0.1) is 21.5 Å². The smallest absolute Gasteiger partial charge is 0.200 e. The van der Waals surface area contributed by atoms with Gasteiger partial charge in [-0.2, -0.15) is 0 Å². The van der Waals surface area contributed by atoms with E-state index < -0.39 is 0 Å². The number of rotatable bonds is 4. The highest BCUT2D eigenvalue weighted by Crippen LogP contribution is 2.42. The minimum Gasteiger partial charge on any atom is -0.461 e. The molecule has 0 saturated carbocycles. The first-order valence-corrected chi connectivity index (χ1v) is 10.8. The van der Waals surface area contributed by atoms with E-state index in [1.807, 2.05) is 23.5 Å². The Morgan fingerprint density at radius 3 is 3.07 bits per heavy atom.